The molecular formula is C74H102N8O4. The van der Waals surface area contributed by atoms with Crippen molar-refractivity contribution in [2.24, 2.45) is 0 Å². The molecule has 0 fully saturated rings. The Hall–Kier alpha value is -6.56. The van der Waals surface area contributed by atoms with E-state index in [1.165, 1.54) is 167 Å². The molecule has 0 radical (unpaired) electrons. The molecule has 2 aliphatic heterocycles. The number of aromatic amines is 2. The highest BCUT2D eigenvalue weighted by atomic mass is 16.5. The van der Waals surface area contributed by atoms with E-state index in [2.05, 4.69) is 92.3 Å². The highest BCUT2D eigenvalue weighted by molar-refractivity contribution is 6.07. The first-order chi connectivity index (χ1) is 42.5. The van der Waals surface area contributed by atoms with Gasteiger partial charge in [0.15, 0.2) is 23.3 Å². The number of fused-ring (bicyclic) bond motifs is 20. The molecule has 8 bridgehead atoms. The Morgan fingerprint density at radius 1 is 0.244 bits per heavy atom. The van der Waals surface area contributed by atoms with Gasteiger partial charge in [0.1, 0.15) is 45.6 Å². The van der Waals surface area contributed by atoms with Crippen molar-refractivity contribution in [2.75, 3.05) is 26.4 Å². The molecule has 0 unspecified atom stereocenters. The number of benzene rings is 4. The van der Waals surface area contributed by atoms with Crippen molar-refractivity contribution in [1.82, 2.24) is 39.9 Å². The minimum absolute atomic E-state index is 0.532. The van der Waals surface area contributed by atoms with E-state index in [0.29, 0.717) is 72.3 Å². The Kier molecular flexibility index (Phi) is 26.2. The molecule has 0 aliphatic carbocycles. The molecule has 2 aliphatic rings. The monoisotopic (exact) mass is 1170 g/mol. The van der Waals surface area contributed by atoms with Gasteiger partial charge in [0.2, 0.25) is 0 Å². The summed E-state index contributed by atoms with van der Waals surface area (Å²) in [6.45, 7) is 11.7. The number of ether oxygens (including phenoxy) is 4. The molecule has 0 amide bonds. The largest absolute Gasteiger partial charge is 0.494 e. The summed E-state index contributed by atoms with van der Waals surface area (Å²) < 4.78 is 25.9. The zero-order valence-electron chi connectivity index (χ0n) is 53.1. The minimum Gasteiger partial charge on any atom is -0.494 e. The van der Waals surface area contributed by atoms with Crippen molar-refractivity contribution < 1.29 is 18.9 Å². The van der Waals surface area contributed by atoms with Crippen LogP contribution in [0.25, 0.3) is 89.7 Å². The first-order valence-electron chi connectivity index (χ1n) is 34.4. The van der Waals surface area contributed by atoms with Gasteiger partial charge in [0, 0.05) is 43.8 Å². The molecule has 462 valence electrons. The number of aromatic nitrogens is 8. The number of hydrogen-bond acceptors (Lipinski definition) is 10. The second kappa shape index (κ2) is 35.3. The molecule has 0 saturated carbocycles. The van der Waals surface area contributed by atoms with Crippen LogP contribution in [-0.4, -0.2) is 66.3 Å². The number of nitrogens with one attached hydrogen (secondary N) is 2. The van der Waals surface area contributed by atoms with E-state index in [4.69, 9.17) is 48.9 Å². The zero-order chi connectivity index (χ0) is 59.4. The highest BCUT2D eigenvalue weighted by Gasteiger charge is 2.24. The van der Waals surface area contributed by atoms with E-state index < -0.39 is 0 Å². The van der Waals surface area contributed by atoms with Gasteiger partial charge < -0.3 is 28.9 Å². The second-order valence-electron chi connectivity index (χ2n) is 24.4. The summed E-state index contributed by atoms with van der Waals surface area (Å²) in [5, 5.41) is 3.54. The Labute approximate surface area is 514 Å². The highest BCUT2D eigenvalue weighted by Crippen LogP contribution is 2.40. The molecule has 0 saturated heterocycles. The molecule has 7 aromatic rings. The summed E-state index contributed by atoms with van der Waals surface area (Å²) in [4.78, 5) is 39.4. The lowest BCUT2D eigenvalue weighted by molar-refractivity contribution is 0.304. The van der Waals surface area contributed by atoms with E-state index in [1.807, 2.05) is 18.2 Å². The normalized spacial score (nSPS) is 11.9. The summed E-state index contributed by atoms with van der Waals surface area (Å²) >= 11 is 0. The van der Waals surface area contributed by atoms with Crippen LogP contribution in [0, 0.1) is 0 Å². The number of nitrogens with zero attached hydrogens (tertiary/aromatic N) is 6. The van der Waals surface area contributed by atoms with Crippen LogP contribution < -0.4 is 18.9 Å². The number of H-pyrrole nitrogens is 2. The molecule has 2 N–H and O–H groups in total. The van der Waals surface area contributed by atoms with Crippen LogP contribution in [0.15, 0.2) is 72.8 Å². The standard InChI is InChI=1S/C74H102N8O4/c1-5-9-13-17-20-23-26-29-32-36-48-84-56-40-44-60-64(52-56)73-78-68(60)76-71-63-51-55(83-47-35-16-12-8-4)39-43-59(63)67(75-71)77-72-65-53-57(85-49-37-33-30-27-24-21-18-14-10-6-2)41-45-61(65)69(79-72)81-74-66-54-58(42-46-62(66)70(80-73)82-74)86-50-38-34-31-28-25-22-19-15-11-7-3/h39-46,51-54H,5-38,47-50H2,1-4H3,(H2,75,76,77,78,79,80,81,82). The van der Waals surface area contributed by atoms with E-state index in [0.717, 1.165) is 118 Å². The third-order valence-electron chi connectivity index (χ3n) is 17.3. The van der Waals surface area contributed by atoms with Crippen molar-refractivity contribution in [3.8, 4) is 68.5 Å². The van der Waals surface area contributed by atoms with Crippen LogP contribution in [-0.2, 0) is 0 Å². The van der Waals surface area contributed by atoms with E-state index in [-0.39, 0.29) is 0 Å². The number of unbranched alkanes of at least 4 members (excludes halogenated alkanes) is 30. The van der Waals surface area contributed by atoms with Gasteiger partial charge in [-0.3, -0.25) is 0 Å². The molecule has 86 heavy (non-hydrogen) atoms. The summed E-state index contributed by atoms with van der Waals surface area (Å²) in [7, 11) is 0. The lowest BCUT2D eigenvalue weighted by atomic mass is 10.1. The molecule has 9 rings (SSSR count). The van der Waals surface area contributed by atoms with Crippen molar-refractivity contribution in [3.63, 3.8) is 0 Å². The lowest BCUT2D eigenvalue weighted by Gasteiger charge is -2.08. The predicted octanol–water partition coefficient (Wildman–Crippen LogP) is 21.7. The molecule has 0 atom stereocenters. The second-order valence-corrected chi connectivity index (χ2v) is 24.4. The minimum atomic E-state index is 0.532. The van der Waals surface area contributed by atoms with Crippen LogP contribution in [0.1, 0.15) is 246 Å². The number of rotatable bonds is 42. The van der Waals surface area contributed by atoms with Crippen LogP contribution in [0.3, 0.4) is 0 Å². The number of hydrogen-bond donors (Lipinski definition) is 2. The third-order valence-corrected chi connectivity index (χ3v) is 17.3. The maximum Gasteiger partial charge on any atom is 0.164 e. The molecule has 12 heteroatoms. The van der Waals surface area contributed by atoms with E-state index in [9.17, 15) is 0 Å². The summed E-state index contributed by atoms with van der Waals surface area (Å²) in [5.74, 6) is 5.30. The smallest absolute Gasteiger partial charge is 0.164 e. The molecular weight excluding hydrogens is 1060 g/mol. The first kappa shape index (κ1) is 63.9. The maximum absolute atomic E-state index is 6.50. The van der Waals surface area contributed by atoms with Gasteiger partial charge in [-0.2, -0.15) is 0 Å². The fourth-order valence-electron chi connectivity index (χ4n) is 12.1. The Balaban J connectivity index is 1.06. The predicted molar refractivity (Wildman–Crippen MR) is 358 cm³/mol. The van der Waals surface area contributed by atoms with Crippen LogP contribution in [0.5, 0.6) is 23.0 Å². The fraction of sp³-hybridized carbons (Fsp3) is 0.568. The van der Waals surface area contributed by atoms with Gasteiger partial charge in [0.05, 0.1) is 26.4 Å². The zero-order valence-corrected chi connectivity index (χ0v) is 53.1. The van der Waals surface area contributed by atoms with Gasteiger partial charge >= 0.3 is 0 Å². The van der Waals surface area contributed by atoms with E-state index in [1.54, 1.807) is 0 Å². The first-order valence-corrected chi connectivity index (χ1v) is 34.4. The van der Waals surface area contributed by atoms with Crippen molar-refractivity contribution >= 4 is 44.1 Å². The summed E-state index contributed by atoms with van der Waals surface area (Å²) in [5.41, 5.74) is 5.93. The Morgan fingerprint density at radius 3 is 0.802 bits per heavy atom. The average molecular weight is 1170 g/mol. The maximum atomic E-state index is 6.50. The van der Waals surface area contributed by atoms with Gasteiger partial charge in [0.25, 0.3) is 0 Å². The Bertz CT molecular complexity index is 3320. The van der Waals surface area contributed by atoms with Crippen LogP contribution in [0.2, 0.25) is 0 Å². The summed E-state index contributed by atoms with van der Waals surface area (Å²) in [6.07, 6.45) is 42.8. The van der Waals surface area contributed by atoms with Crippen molar-refractivity contribution in [2.45, 2.75) is 246 Å². The molecule has 5 heterocycles. The Morgan fingerprint density at radius 2 is 0.488 bits per heavy atom. The van der Waals surface area contributed by atoms with E-state index >= 15 is 0 Å². The van der Waals surface area contributed by atoms with Crippen molar-refractivity contribution in [1.29, 1.82) is 0 Å². The molecule has 3 aromatic heterocycles. The average Bonchev–Trinajstić information content (AvgIpc) is 2.70. The fourth-order valence-corrected chi connectivity index (χ4v) is 12.1. The SMILES string of the molecule is CCCCCCCCCCCCOc1ccc2c(c1)-c1nc-2nc2[nH]c(nc3nc(nc4[nH]c(n1)c1ccc(OCCCCCCCCCCCC)cc41)-c1ccc(OCCCCCC)cc1-3)c1ccc(OCCCCCCCCCCCC)cc21. The third kappa shape index (κ3) is 18.7. The van der Waals surface area contributed by atoms with Crippen molar-refractivity contribution in [3.05, 3.63) is 72.8 Å². The van der Waals surface area contributed by atoms with Gasteiger partial charge in [-0.1, -0.05) is 220 Å². The van der Waals surface area contributed by atoms with Gasteiger partial charge in [-0.15, -0.1) is 0 Å². The quantitative estimate of drug-likeness (QED) is 0.0355. The topological polar surface area (TPSA) is 146 Å². The summed E-state index contributed by atoms with van der Waals surface area (Å²) in [6, 6.07) is 24.8. The molecule has 12 nitrogen and oxygen atoms in total. The van der Waals surface area contributed by atoms with Crippen LogP contribution in [0.4, 0.5) is 0 Å². The van der Waals surface area contributed by atoms with Crippen LogP contribution >= 0.6 is 0 Å². The van der Waals surface area contributed by atoms with Gasteiger partial charge in [-0.25, -0.2) is 29.9 Å². The molecule has 0 spiro atoms. The molecule has 4 aromatic carbocycles. The lowest BCUT2D eigenvalue weighted by Crippen LogP contribution is -1.97. The van der Waals surface area contributed by atoms with Gasteiger partial charge in [-0.05, 0) is 98.5 Å².